The van der Waals surface area contributed by atoms with Crippen LogP contribution < -0.4 is 5.32 Å². The summed E-state index contributed by atoms with van der Waals surface area (Å²) in [6, 6.07) is 16.5. The number of aromatic nitrogens is 4. The second-order valence-corrected chi connectivity index (χ2v) is 6.72. The van der Waals surface area contributed by atoms with Crippen LogP contribution in [0, 0.1) is 27.7 Å². The van der Waals surface area contributed by atoms with Crippen molar-refractivity contribution < 1.29 is 0 Å². The van der Waals surface area contributed by atoms with Crippen LogP contribution >= 0.6 is 0 Å². The van der Waals surface area contributed by atoms with Crippen LogP contribution in [0.25, 0.3) is 17.2 Å². The number of nitrogens with one attached hydrogen (secondary N) is 1. The summed E-state index contributed by atoms with van der Waals surface area (Å²) in [5.74, 6) is 2.12. The molecule has 4 rings (SSSR count). The molecule has 1 N–H and O–H groups in total. The van der Waals surface area contributed by atoms with Crippen molar-refractivity contribution in [2.24, 2.45) is 0 Å². The highest BCUT2D eigenvalue weighted by molar-refractivity contribution is 5.63. The van der Waals surface area contributed by atoms with E-state index in [-0.39, 0.29) is 0 Å². The molecule has 5 heteroatoms. The van der Waals surface area contributed by atoms with Gasteiger partial charge in [0.05, 0.1) is 0 Å². The van der Waals surface area contributed by atoms with E-state index in [1.165, 1.54) is 16.7 Å². The summed E-state index contributed by atoms with van der Waals surface area (Å²) in [4.78, 5) is 9.15. The Hall–Kier alpha value is -3.21. The molecule has 130 valence electrons. The molecule has 0 spiro atoms. The average Bonchev–Trinajstić information content (AvgIpc) is 3.02. The van der Waals surface area contributed by atoms with Gasteiger partial charge in [0.25, 0.3) is 5.78 Å². The van der Waals surface area contributed by atoms with E-state index in [0.717, 1.165) is 22.8 Å². The zero-order valence-electron chi connectivity index (χ0n) is 15.4. The number of anilines is 2. The number of hydrogen-bond acceptors (Lipinski definition) is 4. The van der Waals surface area contributed by atoms with E-state index in [2.05, 4.69) is 71.5 Å². The Bertz CT molecular complexity index is 1110. The van der Waals surface area contributed by atoms with E-state index >= 15 is 0 Å². The van der Waals surface area contributed by atoms with Gasteiger partial charge in [0.1, 0.15) is 5.82 Å². The number of nitrogens with zero attached hydrogens (tertiary/aromatic N) is 4. The molecule has 5 nitrogen and oxygen atoms in total. The fourth-order valence-electron chi connectivity index (χ4n) is 2.95. The summed E-state index contributed by atoms with van der Waals surface area (Å²) in [5, 5.41) is 8.13. The molecule has 0 aliphatic heterocycles. The molecule has 0 fully saturated rings. The third kappa shape index (κ3) is 3.04. The molecule has 2 aromatic carbocycles. The smallest absolute Gasteiger partial charge is 0.254 e. The van der Waals surface area contributed by atoms with Gasteiger partial charge in [-0.1, -0.05) is 29.8 Å². The van der Waals surface area contributed by atoms with Gasteiger partial charge in [-0.05, 0) is 57.0 Å². The molecule has 0 aliphatic rings. The topological polar surface area (TPSA) is 55.1 Å². The highest BCUT2D eigenvalue weighted by Crippen LogP contribution is 2.23. The van der Waals surface area contributed by atoms with Crippen molar-refractivity contribution >= 4 is 17.3 Å². The van der Waals surface area contributed by atoms with E-state index in [1.54, 1.807) is 4.52 Å². The molecule has 0 amide bonds. The van der Waals surface area contributed by atoms with Gasteiger partial charge in [-0.2, -0.15) is 9.50 Å². The van der Waals surface area contributed by atoms with Crippen molar-refractivity contribution in [3.63, 3.8) is 0 Å². The molecule has 0 aliphatic carbocycles. The Balaban J connectivity index is 1.80. The van der Waals surface area contributed by atoms with Gasteiger partial charge in [0, 0.05) is 23.0 Å². The predicted molar refractivity (Wildman–Crippen MR) is 105 cm³/mol. The first-order valence-electron chi connectivity index (χ1n) is 8.65. The molecule has 0 unspecified atom stereocenters. The van der Waals surface area contributed by atoms with Crippen molar-refractivity contribution in [3.05, 3.63) is 70.9 Å². The number of rotatable bonds is 3. The van der Waals surface area contributed by atoms with Crippen LogP contribution in [0.3, 0.4) is 0 Å². The minimum Gasteiger partial charge on any atom is -0.340 e. The Morgan fingerprint density at radius 1 is 0.846 bits per heavy atom. The first-order chi connectivity index (χ1) is 12.5. The highest BCUT2D eigenvalue weighted by Gasteiger charge is 2.12. The SMILES string of the molecule is Cc1cccc(-c2nc3nc(C)cc(Nc4ccc(C)c(C)c4)n3n2)c1. The highest BCUT2D eigenvalue weighted by atomic mass is 15.4. The third-order valence-corrected chi connectivity index (χ3v) is 4.50. The van der Waals surface area contributed by atoms with Gasteiger partial charge in [0.15, 0.2) is 5.82 Å². The van der Waals surface area contributed by atoms with Crippen LogP contribution in [-0.2, 0) is 0 Å². The Kier molecular flexibility index (Phi) is 3.92. The molecular weight excluding hydrogens is 322 g/mol. The fourth-order valence-corrected chi connectivity index (χ4v) is 2.95. The zero-order chi connectivity index (χ0) is 18.3. The molecular formula is C21H21N5. The summed E-state index contributed by atoms with van der Waals surface area (Å²) < 4.78 is 1.76. The second kappa shape index (κ2) is 6.26. The average molecular weight is 343 g/mol. The van der Waals surface area contributed by atoms with Crippen molar-refractivity contribution in [1.29, 1.82) is 0 Å². The van der Waals surface area contributed by atoms with Crippen LogP contribution in [0.2, 0.25) is 0 Å². The van der Waals surface area contributed by atoms with Gasteiger partial charge < -0.3 is 5.32 Å². The Labute approximate surface area is 152 Å². The maximum absolute atomic E-state index is 4.68. The molecule has 0 saturated carbocycles. The van der Waals surface area contributed by atoms with Gasteiger partial charge in [0.2, 0.25) is 0 Å². The quantitative estimate of drug-likeness (QED) is 0.582. The number of hydrogen-bond donors (Lipinski definition) is 1. The molecule has 4 aromatic rings. The second-order valence-electron chi connectivity index (χ2n) is 6.72. The van der Waals surface area contributed by atoms with Crippen molar-refractivity contribution in [2.75, 3.05) is 5.32 Å². The lowest BCUT2D eigenvalue weighted by molar-refractivity contribution is 0.940. The number of fused-ring (bicyclic) bond motifs is 1. The molecule has 0 saturated heterocycles. The molecule has 2 aromatic heterocycles. The minimum atomic E-state index is 0.591. The van der Waals surface area contributed by atoms with Gasteiger partial charge in [-0.25, -0.2) is 4.98 Å². The summed E-state index contributed by atoms with van der Waals surface area (Å²) in [7, 11) is 0. The minimum absolute atomic E-state index is 0.591. The molecule has 0 atom stereocenters. The Morgan fingerprint density at radius 3 is 2.46 bits per heavy atom. The summed E-state index contributed by atoms with van der Waals surface area (Å²) in [5.41, 5.74) is 6.61. The van der Waals surface area contributed by atoms with Crippen LogP contribution in [0.15, 0.2) is 48.5 Å². The first kappa shape index (κ1) is 16.3. The number of benzene rings is 2. The van der Waals surface area contributed by atoms with Crippen molar-refractivity contribution in [2.45, 2.75) is 27.7 Å². The first-order valence-corrected chi connectivity index (χ1v) is 8.65. The summed E-state index contributed by atoms with van der Waals surface area (Å²) in [6.07, 6.45) is 0. The molecule has 0 bridgehead atoms. The van der Waals surface area contributed by atoms with Crippen LogP contribution in [0.1, 0.15) is 22.4 Å². The Morgan fingerprint density at radius 2 is 1.69 bits per heavy atom. The lowest BCUT2D eigenvalue weighted by Gasteiger charge is -2.10. The van der Waals surface area contributed by atoms with Crippen LogP contribution in [0.4, 0.5) is 11.5 Å². The van der Waals surface area contributed by atoms with E-state index in [1.807, 2.05) is 25.1 Å². The predicted octanol–water partition coefficient (Wildman–Crippen LogP) is 4.77. The third-order valence-electron chi connectivity index (χ3n) is 4.50. The maximum atomic E-state index is 4.68. The van der Waals surface area contributed by atoms with Crippen molar-refractivity contribution in [1.82, 2.24) is 19.6 Å². The monoisotopic (exact) mass is 343 g/mol. The van der Waals surface area contributed by atoms with Crippen LogP contribution in [-0.4, -0.2) is 19.6 Å². The number of aryl methyl sites for hydroxylation is 4. The molecule has 0 radical (unpaired) electrons. The van der Waals surface area contributed by atoms with E-state index in [4.69, 9.17) is 0 Å². The van der Waals surface area contributed by atoms with Crippen molar-refractivity contribution in [3.8, 4) is 11.4 Å². The van der Waals surface area contributed by atoms with Gasteiger partial charge >= 0.3 is 0 Å². The maximum Gasteiger partial charge on any atom is 0.254 e. The zero-order valence-corrected chi connectivity index (χ0v) is 15.4. The van der Waals surface area contributed by atoms with E-state index < -0.39 is 0 Å². The summed E-state index contributed by atoms with van der Waals surface area (Å²) in [6.45, 7) is 8.25. The van der Waals surface area contributed by atoms with Crippen LogP contribution in [0.5, 0.6) is 0 Å². The lowest BCUT2D eigenvalue weighted by Crippen LogP contribution is -2.03. The fraction of sp³-hybridized carbons (Fsp3) is 0.190. The normalized spacial score (nSPS) is 11.1. The largest absolute Gasteiger partial charge is 0.340 e. The lowest BCUT2D eigenvalue weighted by atomic mass is 10.1. The van der Waals surface area contributed by atoms with E-state index in [0.29, 0.717) is 11.6 Å². The summed E-state index contributed by atoms with van der Waals surface area (Å²) >= 11 is 0. The molecule has 2 heterocycles. The standard InChI is InChI=1S/C21H21N5/c1-13-6-5-7-17(10-13)20-24-21-22-16(4)12-19(26(21)25-20)23-18-9-8-14(2)15(3)11-18/h5-12,23H,1-4H3. The van der Waals surface area contributed by atoms with E-state index in [9.17, 15) is 0 Å². The molecule has 26 heavy (non-hydrogen) atoms. The van der Waals surface area contributed by atoms with Gasteiger partial charge in [-0.3, -0.25) is 0 Å². The van der Waals surface area contributed by atoms with Gasteiger partial charge in [-0.15, -0.1) is 5.10 Å².